The number of carbonyl (C=O) groups is 1. The van der Waals surface area contributed by atoms with Crippen molar-refractivity contribution >= 4 is 27.5 Å². The molecule has 0 saturated carbocycles. The molecule has 1 aromatic rings. The first-order valence-electron chi connectivity index (χ1n) is 7.25. The number of sulfonamides is 1. The second kappa shape index (κ2) is 6.56. The molecule has 1 unspecified atom stereocenters. The van der Waals surface area contributed by atoms with Gasteiger partial charge >= 0.3 is 0 Å². The maximum Gasteiger partial charge on any atom is 0.255 e. The number of rotatable bonds is 3. The third-order valence-corrected chi connectivity index (χ3v) is 6.03. The third kappa shape index (κ3) is 3.45. The van der Waals surface area contributed by atoms with E-state index in [0.717, 1.165) is 17.1 Å². The van der Waals surface area contributed by atoms with E-state index < -0.39 is 10.0 Å². The van der Waals surface area contributed by atoms with Gasteiger partial charge in [-0.3, -0.25) is 4.79 Å². The van der Waals surface area contributed by atoms with Gasteiger partial charge in [0.1, 0.15) is 0 Å². The molecule has 7 heteroatoms. The van der Waals surface area contributed by atoms with Crippen LogP contribution in [0.1, 0.15) is 30.1 Å². The summed E-state index contributed by atoms with van der Waals surface area (Å²) in [4.78, 5) is 14.5. The fourth-order valence-corrected chi connectivity index (χ4v) is 3.71. The molecule has 0 spiro atoms. The molecule has 1 amide bonds. The number of hydrogen-bond donors (Lipinski definition) is 0. The number of likely N-dealkylation sites (tertiary alicyclic amines) is 1. The summed E-state index contributed by atoms with van der Waals surface area (Å²) in [5.74, 6) is 0.248. The van der Waals surface area contributed by atoms with Crippen LogP contribution in [0.3, 0.4) is 0 Å². The molecule has 1 aromatic carbocycles. The minimum atomic E-state index is -3.59. The van der Waals surface area contributed by atoms with Gasteiger partial charge in [-0.1, -0.05) is 18.5 Å². The van der Waals surface area contributed by atoms with Gasteiger partial charge in [0.05, 0.1) is 15.5 Å². The van der Waals surface area contributed by atoms with E-state index >= 15 is 0 Å². The Labute approximate surface area is 136 Å². The number of nitrogens with zero attached hydrogens (tertiary/aromatic N) is 2. The molecule has 0 N–H and O–H groups in total. The second-order valence-electron chi connectivity index (χ2n) is 5.93. The first-order chi connectivity index (χ1) is 10.2. The zero-order chi connectivity index (χ0) is 16.5. The molecule has 5 nitrogen and oxygen atoms in total. The van der Waals surface area contributed by atoms with Crippen molar-refractivity contribution in [3.63, 3.8) is 0 Å². The Balaban J connectivity index is 2.37. The van der Waals surface area contributed by atoms with Gasteiger partial charge < -0.3 is 4.90 Å². The average molecular weight is 345 g/mol. The molecule has 22 heavy (non-hydrogen) atoms. The highest BCUT2D eigenvalue weighted by molar-refractivity contribution is 7.89. The number of benzene rings is 1. The van der Waals surface area contributed by atoms with Crippen LogP contribution in [0.25, 0.3) is 0 Å². The molecular weight excluding hydrogens is 324 g/mol. The molecule has 1 atom stereocenters. The van der Waals surface area contributed by atoms with Crippen LogP contribution in [0.2, 0.25) is 5.02 Å². The standard InChI is InChI=1S/C15H21ClN2O3S/c1-11-5-4-8-18(10-11)15(19)13-9-12(6-7-14(13)16)22(20,21)17(2)3/h6-7,9,11H,4-5,8,10H2,1-3H3. The van der Waals surface area contributed by atoms with E-state index in [1.54, 1.807) is 4.90 Å². The zero-order valence-corrected chi connectivity index (χ0v) is 14.6. The van der Waals surface area contributed by atoms with E-state index in [-0.39, 0.29) is 21.4 Å². The van der Waals surface area contributed by atoms with E-state index in [2.05, 4.69) is 6.92 Å². The topological polar surface area (TPSA) is 57.7 Å². The van der Waals surface area contributed by atoms with Gasteiger partial charge in [0.2, 0.25) is 10.0 Å². The van der Waals surface area contributed by atoms with Crippen LogP contribution in [-0.2, 0) is 10.0 Å². The molecule has 1 aliphatic heterocycles. The quantitative estimate of drug-likeness (QED) is 0.846. The predicted molar refractivity (Wildman–Crippen MR) is 86.6 cm³/mol. The lowest BCUT2D eigenvalue weighted by molar-refractivity contribution is 0.0683. The highest BCUT2D eigenvalue weighted by Gasteiger charge is 2.26. The lowest BCUT2D eigenvalue weighted by atomic mass is 9.99. The van der Waals surface area contributed by atoms with Crippen molar-refractivity contribution in [1.29, 1.82) is 0 Å². The van der Waals surface area contributed by atoms with E-state index in [0.29, 0.717) is 19.0 Å². The van der Waals surface area contributed by atoms with Crippen molar-refractivity contribution in [2.45, 2.75) is 24.7 Å². The van der Waals surface area contributed by atoms with Gasteiger partial charge in [-0.2, -0.15) is 0 Å². The molecule has 0 bridgehead atoms. The van der Waals surface area contributed by atoms with Crippen LogP contribution in [0.5, 0.6) is 0 Å². The lowest BCUT2D eigenvalue weighted by Gasteiger charge is -2.31. The number of hydrogen-bond acceptors (Lipinski definition) is 3. The fraction of sp³-hybridized carbons (Fsp3) is 0.533. The monoisotopic (exact) mass is 344 g/mol. The van der Waals surface area contributed by atoms with Crippen LogP contribution >= 0.6 is 11.6 Å². The van der Waals surface area contributed by atoms with Crippen molar-refractivity contribution in [3.8, 4) is 0 Å². The summed E-state index contributed by atoms with van der Waals surface area (Å²) in [7, 11) is -0.675. The molecule has 0 aromatic heterocycles. The summed E-state index contributed by atoms with van der Waals surface area (Å²) in [5.41, 5.74) is 0.249. The van der Waals surface area contributed by atoms with Gasteiger partial charge in [0.25, 0.3) is 5.91 Å². The lowest BCUT2D eigenvalue weighted by Crippen LogP contribution is -2.39. The fourth-order valence-electron chi connectivity index (χ4n) is 2.58. The third-order valence-electron chi connectivity index (χ3n) is 3.89. The first kappa shape index (κ1) is 17.2. The molecular formula is C15H21ClN2O3S. The molecule has 2 rings (SSSR count). The SMILES string of the molecule is CC1CCCN(C(=O)c2cc(S(=O)(=O)N(C)C)ccc2Cl)C1. The van der Waals surface area contributed by atoms with Crippen molar-refractivity contribution in [2.75, 3.05) is 27.2 Å². The Morgan fingerprint density at radius 1 is 1.36 bits per heavy atom. The van der Waals surface area contributed by atoms with Gasteiger partial charge in [-0.25, -0.2) is 12.7 Å². The summed E-state index contributed by atoms with van der Waals surface area (Å²) in [5, 5.41) is 0.279. The Hall–Kier alpha value is -1.11. The number of halogens is 1. The summed E-state index contributed by atoms with van der Waals surface area (Å²) in [6.07, 6.45) is 2.06. The first-order valence-corrected chi connectivity index (χ1v) is 9.06. The van der Waals surface area contributed by atoms with Gasteiger partial charge in [-0.05, 0) is 37.0 Å². The Bertz CT molecular complexity index is 673. The Morgan fingerprint density at radius 3 is 2.64 bits per heavy atom. The van der Waals surface area contributed by atoms with Crippen LogP contribution in [0.15, 0.2) is 23.1 Å². The maximum atomic E-state index is 12.6. The number of carbonyl (C=O) groups excluding carboxylic acids is 1. The largest absolute Gasteiger partial charge is 0.338 e. The molecule has 122 valence electrons. The molecule has 1 aliphatic rings. The Morgan fingerprint density at radius 2 is 2.05 bits per heavy atom. The van der Waals surface area contributed by atoms with Crippen LogP contribution in [0, 0.1) is 5.92 Å². The predicted octanol–water partition coefficient (Wildman–Crippen LogP) is 2.46. The van der Waals surface area contributed by atoms with Gasteiger partial charge in [-0.15, -0.1) is 0 Å². The van der Waals surface area contributed by atoms with E-state index in [1.165, 1.54) is 32.3 Å². The van der Waals surface area contributed by atoms with Crippen molar-refractivity contribution < 1.29 is 13.2 Å². The van der Waals surface area contributed by atoms with Crippen LogP contribution < -0.4 is 0 Å². The molecule has 0 aliphatic carbocycles. The summed E-state index contributed by atoms with van der Waals surface area (Å²) < 4.78 is 25.5. The second-order valence-corrected chi connectivity index (χ2v) is 8.49. The Kier molecular flexibility index (Phi) is 5.14. The van der Waals surface area contributed by atoms with E-state index in [9.17, 15) is 13.2 Å². The van der Waals surface area contributed by atoms with E-state index in [4.69, 9.17) is 11.6 Å². The molecule has 1 heterocycles. The highest BCUT2D eigenvalue weighted by Crippen LogP contribution is 2.25. The highest BCUT2D eigenvalue weighted by atomic mass is 35.5. The molecule has 0 radical (unpaired) electrons. The summed E-state index contributed by atoms with van der Waals surface area (Å²) in [6, 6.07) is 4.27. The maximum absolute atomic E-state index is 12.6. The summed E-state index contributed by atoms with van der Waals surface area (Å²) >= 11 is 6.12. The summed E-state index contributed by atoms with van der Waals surface area (Å²) in [6.45, 7) is 3.47. The normalized spacial score (nSPS) is 19.5. The van der Waals surface area contributed by atoms with Gasteiger partial charge in [0.15, 0.2) is 0 Å². The molecule has 1 saturated heterocycles. The number of amides is 1. The molecule has 1 fully saturated rings. The average Bonchev–Trinajstić information content (AvgIpc) is 2.46. The smallest absolute Gasteiger partial charge is 0.255 e. The van der Waals surface area contributed by atoms with Gasteiger partial charge in [0, 0.05) is 27.2 Å². The van der Waals surface area contributed by atoms with Crippen LogP contribution in [0.4, 0.5) is 0 Å². The van der Waals surface area contributed by atoms with Crippen molar-refractivity contribution in [1.82, 2.24) is 9.21 Å². The van der Waals surface area contributed by atoms with Crippen molar-refractivity contribution in [3.05, 3.63) is 28.8 Å². The minimum absolute atomic E-state index is 0.0790. The zero-order valence-electron chi connectivity index (χ0n) is 13.0. The van der Waals surface area contributed by atoms with E-state index in [1.807, 2.05) is 0 Å². The number of piperidine rings is 1. The van der Waals surface area contributed by atoms with Crippen LogP contribution in [-0.4, -0.2) is 50.7 Å². The van der Waals surface area contributed by atoms with Crippen molar-refractivity contribution in [2.24, 2.45) is 5.92 Å². The minimum Gasteiger partial charge on any atom is -0.338 e.